The van der Waals surface area contributed by atoms with E-state index in [-0.39, 0.29) is 18.2 Å². The van der Waals surface area contributed by atoms with Crippen molar-refractivity contribution in [2.24, 2.45) is 0 Å². The van der Waals surface area contributed by atoms with Crippen molar-refractivity contribution in [1.29, 1.82) is 0 Å². The molecule has 24 heavy (non-hydrogen) atoms. The van der Waals surface area contributed by atoms with E-state index in [0.717, 1.165) is 5.69 Å². The summed E-state index contributed by atoms with van der Waals surface area (Å²) in [6.45, 7) is 2.65. The van der Waals surface area contributed by atoms with Gasteiger partial charge >= 0.3 is 0 Å². The predicted octanol–water partition coefficient (Wildman–Crippen LogP) is 2.71. The molecule has 2 aromatic carbocycles. The van der Waals surface area contributed by atoms with Gasteiger partial charge in [0.2, 0.25) is 5.91 Å². The maximum atomic E-state index is 12.0. The summed E-state index contributed by atoms with van der Waals surface area (Å²) >= 11 is 0. The van der Waals surface area contributed by atoms with Gasteiger partial charge in [-0.2, -0.15) is 0 Å². The third kappa shape index (κ3) is 3.84. The molecule has 6 heteroatoms. The van der Waals surface area contributed by atoms with Gasteiger partial charge in [0.15, 0.2) is 17.3 Å². The molecule has 0 saturated carbocycles. The highest BCUT2D eigenvalue weighted by Gasteiger charge is 2.12. The summed E-state index contributed by atoms with van der Waals surface area (Å²) in [5.41, 5.74) is 1.93. The minimum atomic E-state index is -0.203. The van der Waals surface area contributed by atoms with Gasteiger partial charge in [0, 0.05) is 23.0 Å². The Morgan fingerprint density at radius 3 is 2.58 bits per heavy atom. The fraction of sp³-hybridized carbons (Fsp3) is 0.222. The van der Waals surface area contributed by atoms with Crippen molar-refractivity contribution in [2.45, 2.75) is 6.92 Å². The molecule has 1 heterocycles. The lowest BCUT2D eigenvalue weighted by Crippen LogP contribution is -2.22. The molecule has 0 aromatic heterocycles. The van der Waals surface area contributed by atoms with Crippen LogP contribution in [0.1, 0.15) is 17.3 Å². The molecule has 1 aliphatic heterocycles. The molecule has 0 fully saturated rings. The van der Waals surface area contributed by atoms with Crippen molar-refractivity contribution in [1.82, 2.24) is 0 Å². The molecule has 0 bridgehead atoms. The minimum Gasteiger partial charge on any atom is -0.486 e. The Kier molecular flexibility index (Phi) is 4.65. The molecule has 1 aliphatic rings. The van der Waals surface area contributed by atoms with Gasteiger partial charge in [-0.3, -0.25) is 9.59 Å². The lowest BCUT2D eigenvalue weighted by atomic mass is 10.1. The van der Waals surface area contributed by atoms with E-state index < -0.39 is 0 Å². The highest BCUT2D eigenvalue weighted by atomic mass is 16.6. The lowest BCUT2D eigenvalue weighted by Gasteiger charge is -2.19. The van der Waals surface area contributed by atoms with E-state index in [1.807, 2.05) is 12.1 Å². The Morgan fingerprint density at radius 2 is 1.79 bits per heavy atom. The second-order valence-corrected chi connectivity index (χ2v) is 5.40. The van der Waals surface area contributed by atoms with Crippen LogP contribution in [0.4, 0.5) is 11.4 Å². The largest absolute Gasteiger partial charge is 0.486 e. The Hall–Kier alpha value is -3.02. The van der Waals surface area contributed by atoms with Crippen LogP contribution in [-0.4, -0.2) is 31.4 Å². The maximum absolute atomic E-state index is 12.0. The number of carbonyl (C=O) groups excluding carboxylic acids is 2. The molecule has 0 unspecified atom stereocenters. The van der Waals surface area contributed by atoms with Gasteiger partial charge in [0.1, 0.15) is 13.2 Å². The number of anilines is 2. The van der Waals surface area contributed by atoms with E-state index in [9.17, 15) is 9.59 Å². The standard InChI is InChI=1S/C18H18N2O4/c1-12(21)13-3-2-4-15(9-13)20-18(22)11-19-14-5-6-16-17(10-14)24-8-7-23-16/h2-6,9-10,19H,7-8,11H2,1H3,(H,20,22). The van der Waals surface area contributed by atoms with Crippen LogP contribution >= 0.6 is 0 Å². The van der Waals surface area contributed by atoms with Gasteiger partial charge in [-0.25, -0.2) is 0 Å². The van der Waals surface area contributed by atoms with Crippen molar-refractivity contribution in [2.75, 3.05) is 30.4 Å². The Balaban J connectivity index is 1.57. The van der Waals surface area contributed by atoms with E-state index >= 15 is 0 Å². The van der Waals surface area contributed by atoms with Crippen LogP contribution in [0, 0.1) is 0 Å². The Labute approximate surface area is 139 Å². The third-order valence-electron chi connectivity index (χ3n) is 3.55. The molecule has 2 aromatic rings. The van der Waals surface area contributed by atoms with E-state index in [0.29, 0.717) is 36.0 Å². The molecule has 0 atom stereocenters. The molecule has 0 radical (unpaired) electrons. The van der Waals surface area contributed by atoms with Crippen LogP contribution < -0.4 is 20.1 Å². The molecule has 0 saturated heterocycles. The average Bonchev–Trinajstić information content (AvgIpc) is 2.60. The average molecular weight is 326 g/mol. The van der Waals surface area contributed by atoms with Gasteiger partial charge in [-0.1, -0.05) is 12.1 Å². The van der Waals surface area contributed by atoms with Gasteiger partial charge in [-0.15, -0.1) is 0 Å². The first-order valence-electron chi connectivity index (χ1n) is 7.66. The summed E-state index contributed by atoms with van der Waals surface area (Å²) in [7, 11) is 0. The van der Waals surface area contributed by atoms with E-state index in [4.69, 9.17) is 9.47 Å². The zero-order chi connectivity index (χ0) is 16.9. The summed E-state index contributed by atoms with van der Waals surface area (Å²) in [6, 6.07) is 12.3. The smallest absolute Gasteiger partial charge is 0.243 e. The number of fused-ring (bicyclic) bond motifs is 1. The number of hydrogen-bond donors (Lipinski definition) is 2. The number of ketones is 1. The van der Waals surface area contributed by atoms with Gasteiger partial charge < -0.3 is 20.1 Å². The SMILES string of the molecule is CC(=O)c1cccc(NC(=O)CNc2ccc3c(c2)OCCO3)c1. The first-order chi connectivity index (χ1) is 11.6. The minimum absolute atomic E-state index is 0.0412. The fourth-order valence-corrected chi connectivity index (χ4v) is 2.36. The van der Waals surface area contributed by atoms with Crippen molar-refractivity contribution in [3.05, 3.63) is 48.0 Å². The summed E-state index contributed by atoms with van der Waals surface area (Å²) in [5, 5.41) is 5.80. The van der Waals surface area contributed by atoms with Crippen LogP contribution in [-0.2, 0) is 4.79 Å². The Bertz CT molecular complexity index is 773. The number of rotatable bonds is 5. The van der Waals surface area contributed by atoms with Crippen molar-refractivity contribution in [3.8, 4) is 11.5 Å². The number of carbonyl (C=O) groups is 2. The van der Waals surface area contributed by atoms with Crippen molar-refractivity contribution >= 4 is 23.1 Å². The van der Waals surface area contributed by atoms with Crippen molar-refractivity contribution in [3.63, 3.8) is 0 Å². The normalized spacial score (nSPS) is 12.4. The zero-order valence-electron chi connectivity index (χ0n) is 13.3. The molecule has 3 rings (SSSR count). The Morgan fingerprint density at radius 1 is 1.00 bits per heavy atom. The number of ether oxygens (including phenoxy) is 2. The summed E-state index contributed by atoms with van der Waals surface area (Å²) in [5.74, 6) is 1.13. The molecular formula is C18H18N2O4. The number of benzene rings is 2. The number of Topliss-reactive ketones (excluding diaryl/α,β-unsaturated/α-hetero) is 1. The lowest BCUT2D eigenvalue weighted by molar-refractivity contribution is -0.114. The monoisotopic (exact) mass is 326 g/mol. The molecule has 0 aliphatic carbocycles. The van der Waals surface area contributed by atoms with E-state index in [2.05, 4.69) is 10.6 Å². The van der Waals surface area contributed by atoms with Crippen LogP contribution in [0.3, 0.4) is 0 Å². The van der Waals surface area contributed by atoms with Gasteiger partial charge in [-0.05, 0) is 31.2 Å². The van der Waals surface area contributed by atoms with E-state index in [1.165, 1.54) is 6.92 Å². The fourth-order valence-electron chi connectivity index (χ4n) is 2.36. The van der Waals surface area contributed by atoms with Crippen LogP contribution in [0.25, 0.3) is 0 Å². The summed E-state index contributed by atoms with van der Waals surface area (Å²) in [4.78, 5) is 23.4. The molecular weight excluding hydrogens is 308 g/mol. The quantitative estimate of drug-likeness (QED) is 0.826. The van der Waals surface area contributed by atoms with Crippen LogP contribution in [0.5, 0.6) is 11.5 Å². The highest BCUT2D eigenvalue weighted by molar-refractivity contribution is 5.98. The topological polar surface area (TPSA) is 76.7 Å². The van der Waals surface area contributed by atoms with Gasteiger partial charge in [0.25, 0.3) is 0 Å². The summed E-state index contributed by atoms with van der Waals surface area (Å²) < 4.78 is 11.0. The number of nitrogens with one attached hydrogen (secondary N) is 2. The second-order valence-electron chi connectivity index (χ2n) is 5.40. The maximum Gasteiger partial charge on any atom is 0.243 e. The molecule has 6 nitrogen and oxygen atoms in total. The second kappa shape index (κ2) is 7.04. The highest BCUT2D eigenvalue weighted by Crippen LogP contribution is 2.32. The first-order valence-corrected chi connectivity index (χ1v) is 7.66. The molecule has 124 valence electrons. The third-order valence-corrected chi connectivity index (χ3v) is 3.55. The first kappa shape index (κ1) is 15.9. The summed E-state index contributed by atoms with van der Waals surface area (Å²) in [6.07, 6.45) is 0. The number of hydrogen-bond acceptors (Lipinski definition) is 5. The van der Waals surface area contributed by atoms with Gasteiger partial charge in [0.05, 0.1) is 6.54 Å². The van der Waals surface area contributed by atoms with E-state index in [1.54, 1.807) is 30.3 Å². The molecule has 0 spiro atoms. The predicted molar refractivity (Wildman–Crippen MR) is 91.0 cm³/mol. The molecule has 1 amide bonds. The van der Waals surface area contributed by atoms with Crippen molar-refractivity contribution < 1.29 is 19.1 Å². The van der Waals surface area contributed by atoms with Crippen LogP contribution in [0.15, 0.2) is 42.5 Å². The molecule has 2 N–H and O–H groups in total. The van der Waals surface area contributed by atoms with Crippen LogP contribution in [0.2, 0.25) is 0 Å². The number of amides is 1. The zero-order valence-corrected chi connectivity index (χ0v) is 13.3.